The van der Waals surface area contributed by atoms with Gasteiger partial charge in [0.05, 0.1) is 5.25 Å². The van der Waals surface area contributed by atoms with Crippen molar-refractivity contribution in [3.8, 4) is 5.75 Å². The fraction of sp³-hybridized carbons (Fsp3) is 0.200. The molecule has 0 saturated carbocycles. The first-order valence-electron chi connectivity index (χ1n) is 8.20. The van der Waals surface area contributed by atoms with E-state index in [1.165, 1.54) is 5.56 Å². The first kappa shape index (κ1) is 16.0. The highest BCUT2D eigenvalue weighted by Crippen LogP contribution is 2.30. The molecule has 2 aliphatic heterocycles. The SMILES string of the molecule is O=C1NC(=O)C(Cc2ccc3c(c2)C=C[C@@H](Cc2ccccc2)O3)S1. The third-order valence-corrected chi connectivity index (χ3v) is 5.29. The van der Waals surface area contributed by atoms with Gasteiger partial charge in [0, 0.05) is 12.0 Å². The molecule has 0 bridgehead atoms. The number of hydrogen-bond acceptors (Lipinski definition) is 4. The van der Waals surface area contributed by atoms with Gasteiger partial charge in [-0.25, -0.2) is 0 Å². The summed E-state index contributed by atoms with van der Waals surface area (Å²) in [6, 6.07) is 16.2. The summed E-state index contributed by atoms with van der Waals surface area (Å²) >= 11 is 1.06. The third-order valence-electron chi connectivity index (χ3n) is 4.31. The van der Waals surface area contributed by atoms with E-state index in [4.69, 9.17) is 4.74 Å². The van der Waals surface area contributed by atoms with Crippen molar-refractivity contribution in [2.45, 2.75) is 24.2 Å². The van der Waals surface area contributed by atoms with Crippen molar-refractivity contribution in [1.82, 2.24) is 5.32 Å². The Kier molecular flexibility index (Phi) is 4.32. The zero-order chi connectivity index (χ0) is 17.2. The van der Waals surface area contributed by atoms with Crippen molar-refractivity contribution in [1.29, 1.82) is 0 Å². The molecule has 0 aliphatic carbocycles. The third kappa shape index (κ3) is 3.61. The normalized spacial score (nSPS) is 21.6. The Labute approximate surface area is 150 Å². The van der Waals surface area contributed by atoms with E-state index in [0.717, 1.165) is 35.1 Å². The van der Waals surface area contributed by atoms with Crippen LogP contribution in [0.2, 0.25) is 0 Å². The van der Waals surface area contributed by atoms with E-state index in [1.54, 1.807) is 0 Å². The van der Waals surface area contributed by atoms with Gasteiger partial charge in [0.15, 0.2) is 0 Å². The lowest BCUT2D eigenvalue weighted by Crippen LogP contribution is -2.25. The predicted molar refractivity (Wildman–Crippen MR) is 98.7 cm³/mol. The van der Waals surface area contributed by atoms with Gasteiger partial charge >= 0.3 is 0 Å². The molecule has 2 amide bonds. The summed E-state index contributed by atoms with van der Waals surface area (Å²) in [4.78, 5) is 23.0. The number of carbonyl (C=O) groups excluding carboxylic acids is 2. The number of rotatable bonds is 4. The van der Waals surface area contributed by atoms with Crippen molar-refractivity contribution < 1.29 is 14.3 Å². The van der Waals surface area contributed by atoms with Crippen LogP contribution in [-0.2, 0) is 17.6 Å². The molecule has 2 heterocycles. The van der Waals surface area contributed by atoms with Crippen LogP contribution in [0.3, 0.4) is 0 Å². The molecular formula is C20H17NO3S. The number of carbonyl (C=O) groups is 2. The Bertz CT molecular complexity index is 847. The maximum atomic E-state index is 11.7. The Hall–Kier alpha value is -2.53. The largest absolute Gasteiger partial charge is 0.485 e. The summed E-state index contributed by atoms with van der Waals surface area (Å²) in [6.45, 7) is 0. The van der Waals surface area contributed by atoms with Crippen LogP contribution in [0.4, 0.5) is 4.79 Å². The Morgan fingerprint density at radius 3 is 2.60 bits per heavy atom. The van der Waals surface area contributed by atoms with Crippen LogP contribution in [0.5, 0.6) is 5.75 Å². The first-order valence-corrected chi connectivity index (χ1v) is 9.08. The van der Waals surface area contributed by atoms with Crippen molar-refractivity contribution in [3.05, 3.63) is 71.3 Å². The average Bonchev–Trinajstić information content (AvgIpc) is 2.93. The monoisotopic (exact) mass is 351 g/mol. The quantitative estimate of drug-likeness (QED) is 0.914. The van der Waals surface area contributed by atoms with E-state index in [9.17, 15) is 9.59 Å². The Morgan fingerprint density at radius 2 is 1.84 bits per heavy atom. The van der Waals surface area contributed by atoms with Crippen molar-refractivity contribution >= 4 is 29.0 Å². The molecule has 2 aromatic rings. The molecule has 0 spiro atoms. The maximum Gasteiger partial charge on any atom is 0.286 e. The summed E-state index contributed by atoms with van der Waals surface area (Å²) < 4.78 is 6.07. The smallest absolute Gasteiger partial charge is 0.286 e. The Morgan fingerprint density at radius 1 is 1.00 bits per heavy atom. The highest BCUT2D eigenvalue weighted by molar-refractivity contribution is 8.15. The zero-order valence-corrected chi connectivity index (χ0v) is 14.3. The van der Waals surface area contributed by atoms with Gasteiger partial charge < -0.3 is 4.74 Å². The summed E-state index contributed by atoms with van der Waals surface area (Å²) in [6.07, 6.45) is 5.54. The first-order chi connectivity index (χ1) is 12.2. The van der Waals surface area contributed by atoms with Crippen molar-refractivity contribution in [2.24, 2.45) is 0 Å². The van der Waals surface area contributed by atoms with E-state index in [1.807, 2.05) is 36.4 Å². The van der Waals surface area contributed by atoms with Crippen LogP contribution < -0.4 is 10.1 Å². The molecule has 1 unspecified atom stereocenters. The van der Waals surface area contributed by atoms with Gasteiger partial charge in [-0.2, -0.15) is 0 Å². The number of benzene rings is 2. The Balaban J connectivity index is 1.45. The molecule has 4 nitrogen and oxygen atoms in total. The lowest BCUT2D eigenvalue weighted by molar-refractivity contribution is -0.118. The predicted octanol–water partition coefficient (Wildman–Crippen LogP) is 3.60. The van der Waals surface area contributed by atoms with Crippen molar-refractivity contribution in [3.63, 3.8) is 0 Å². The molecule has 5 heteroatoms. The summed E-state index contributed by atoms with van der Waals surface area (Å²) in [7, 11) is 0. The van der Waals surface area contributed by atoms with E-state index in [2.05, 4.69) is 29.6 Å². The second kappa shape index (κ2) is 6.76. The van der Waals surface area contributed by atoms with E-state index < -0.39 is 0 Å². The summed E-state index contributed by atoms with van der Waals surface area (Å²) in [5.74, 6) is 0.647. The lowest BCUT2D eigenvalue weighted by atomic mass is 10.0. The molecule has 0 aromatic heterocycles. The zero-order valence-electron chi connectivity index (χ0n) is 13.5. The fourth-order valence-electron chi connectivity index (χ4n) is 3.07. The van der Waals surface area contributed by atoms with E-state index in [0.29, 0.717) is 6.42 Å². The van der Waals surface area contributed by atoms with Crippen LogP contribution >= 0.6 is 11.8 Å². The molecule has 4 rings (SSSR count). The van der Waals surface area contributed by atoms with Gasteiger partial charge in [0.2, 0.25) is 5.91 Å². The minimum atomic E-state index is -0.343. The standard InChI is InChI=1S/C20H17NO3S/c22-19-18(25-20(23)21-19)12-14-6-9-17-15(10-14)7-8-16(24-17)11-13-4-2-1-3-5-13/h1-10,16,18H,11-12H2,(H,21,22,23)/t16-,18?/m0/s1. The molecule has 1 fully saturated rings. The molecular weight excluding hydrogens is 334 g/mol. The van der Waals surface area contributed by atoms with Crippen LogP contribution in [0.1, 0.15) is 16.7 Å². The van der Waals surface area contributed by atoms with Crippen molar-refractivity contribution in [2.75, 3.05) is 0 Å². The number of thioether (sulfide) groups is 1. The van der Waals surface area contributed by atoms with Gasteiger partial charge in [-0.3, -0.25) is 14.9 Å². The topological polar surface area (TPSA) is 55.4 Å². The summed E-state index contributed by atoms with van der Waals surface area (Å²) in [5, 5.41) is 1.72. The molecule has 2 atom stereocenters. The van der Waals surface area contributed by atoms with Crippen LogP contribution in [0, 0.1) is 0 Å². The minimum absolute atomic E-state index is 0.0227. The number of fused-ring (bicyclic) bond motifs is 1. The molecule has 25 heavy (non-hydrogen) atoms. The average molecular weight is 351 g/mol. The molecule has 126 valence electrons. The van der Waals surface area contributed by atoms with Gasteiger partial charge in [-0.15, -0.1) is 0 Å². The van der Waals surface area contributed by atoms with Crippen LogP contribution in [0.25, 0.3) is 6.08 Å². The highest BCUT2D eigenvalue weighted by atomic mass is 32.2. The molecule has 0 radical (unpaired) electrons. The molecule has 1 saturated heterocycles. The minimum Gasteiger partial charge on any atom is -0.485 e. The number of amides is 2. The number of nitrogens with one attached hydrogen (secondary N) is 1. The molecule has 2 aromatic carbocycles. The van der Waals surface area contributed by atoms with Crippen LogP contribution in [-0.4, -0.2) is 22.5 Å². The van der Waals surface area contributed by atoms with Gasteiger partial charge in [-0.05, 0) is 35.8 Å². The van der Waals surface area contributed by atoms with Gasteiger partial charge in [0.1, 0.15) is 11.9 Å². The summed E-state index contributed by atoms with van der Waals surface area (Å²) in [5.41, 5.74) is 3.28. The maximum absolute atomic E-state index is 11.7. The van der Waals surface area contributed by atoms with E-state index >= 15 is 0 Å². The van der Waals surface area contributed by atoms with Gasteiger partial charge in [0.25, 0.3) is 5.24 Å². The molecule has 1 N–H and O–H groups in total. The number of hydrogen-bond donors (Lipinski definition) is 1. The van der Waals surface area contributed by atoms with Crippen LogP contribution in [0.15, 0.2) is 54.6 Å². The number of imide groups is 1. The lowest BCUT2D eigenvalue weighted by Gasteiger charge is -2.22. The van der Waals surface area contributed by atoms with Gasteiger partial charge in [-0.1, -0.05) is 54.2 Å². The second-order valence-corrected chi connectivity index (χ2v) is 7.34. The van der Waals surface area contributed by atoms with E-state index in [-0.39, 0.29) is 22.5 Å². The number of ether oxygens (including phenoxy) is 1. The highest BCUT2D eigenvalue weighted by Gasteiger charge is 2.31. The fourth-order valence-corrected chi connectivity index (χ4v) is 3.93. The second-order valence-electron chi connectivity index (χ2n) is 6.16. The molecule has 2 aliphatic rings.